The van der Waals surface area contributed by atoms with Crippen molar-refractivity contribution in [1.29, 1.82) is 0 Å². The van der Waals surface area contributed by atoms with Crippen molar-refractivity contribution in [3.05, 3.63) is 42.0 Å². The molecule has 19 heavy (non-hydrogen) atoms. The van der Waals surface area contributed by atoms with E-state index in [1.807, 2.05) is 28.9 Å². The summed E-state index contributed by atoms with van der Waals surface area (Å²) in [5.74, 6) is 1.70. The summed E-state index contributed by atoms with van der Waals surface area (Å²) >= 11 is 0. The highest BCUT2D eigenvalue weighted by Gasteiger charge is 2.05. The molecule has 0 aliphatic rings. The SMILES string of the molecule is CCCNCc1ncn(Cc2ccccc2OC)n1. The van der Waals surface area contributed by atoms with Crippen LogP contribution >= 0.6 is 0 Å². The average molecular weight is 260 g/mol. The van der Waals surface area contributed by atoms with Crippen LogP contribution in [0.25, 0.3) is 0 Å². The van der Waals surface area contributed by atoms with Crippen molar-refractivity contribution >= 4 is 0 Å². The molecule has 0 aliphatic carbocycles. The summed E-state index contributed by atoms with van der Waals surface area (Å²) in [6.07, 6.45) is 2.87. The molecule has 0 atom stereocenters. The zero-order valence-corrected chi connectivity index (χ0v) is 11.5. The third-order valence-corrected chi connectivity index (χ3v) is 2.82. The van der Waals surface area contributed by atoms with Gasteiger partial charge < -0.3 is 10.1 Å². The first kappa shape index (κ1) is 13.5. The van der Waals surface area contributed by atoms with Gasteiger partial charge in [0.2, 0.25) is 0 Å². The zero-order chi connectivity index (χ0) is 13.5. The lowest BCUT2D eigenvalue weighted by Crippen LogP contribution is -2.15. The van der Waals surface area contributed by atoms with Crippen LogP contribution in [0.15, 0.2) is 30.6 Å². The first-order chi connectivity index (χ1) is 9.33. The number of methoxy groups -OCH3 is 1. The van der Waals surface area contributed by atoms with E-state index in [9.17, 15) is 0 Å². The molecule has 0 saturated heterocycles. The molecule has 0 saturated carbocycles. The Kier molecular flexibility index (Phi) is 4.92. The van der Waals surface area contributed by atoms with Gasteiger partial charge in [0.15, 0.2) is 5.82 Å². The molecule has 2 aromatic rings. The van der Waals surface area contributed by atoms with Gasteiger partial charge in [0, 0.05) is 5.56 Å². The summed E-state index contributed by atoms with van der Waals surface area (Å²) in [6, 6.07) is 7.95. The maximum Gasteiger partial charge on any atom is 0.164 e. The Bertz CT molecular complexity index is 510. The van der Waals surface area contributed by atoms with Gasteiger partial charge in [-0.2, -0.15) is 5.10 Å². The molecule has 1 aromatic heterocycles. The second-order valence-corrected chi connectivity index (χ2v) is 4.35. The topological polar surface area (TPSA) is 52.0 Å². The molecule has 0 amide bonds. The Morgan fingerprint density at radius 1 is 1.32 bits per heavy atom. The highest BCUT2D eigenvalue weighted by atomic mass is 16.5. The molecule has 2 rings (SSSR count). The van der Waals surface area contributed by atoms with Crippen molar-refractivity contribution in [2.45, 2.75) is 26.4 Å². The minimum absolute atomic E-state index is 0.671. The van der Waals surface area contributed by atoms with Crippen LogP contribution in [0.3, 0.4) is 0 Å². The molecule has 1 aromatic carbocycles. The van der Waals surface area contributed by atoms with Crippen molar-refractivity contribution in [3.63, 3.8) is 0 Å². The lowest BCUT2D eigenvalue weighted by Gasteiger charge is -2.07. The van der Waals surface area contributed by atoms with Crippen LogP contribution < -0.4 is 10.1 Å². The van der Waals surface area contributed by atoms with E-state index >= 15 is 0 Å². The van der Waals surface area contributed by atoms with Crippen LogP contribution in [-0.2, 0) is 13.1 Å². The Hall–Kier alpha value is -1.88. The maximum absolute atomic E-state index is 5.33. The third-order valence-electron chi connectivity index (χ3n) is 2.82. The van der Waals surface area contributed by atoms with Gasteiger partial charge in [-0.15, -0.1) is 0 Å². The first-order valence-corrected chi connectivity index (χ1v) is 6.54. The van der Waals surface area contributed by atoms with Crippen LogP contribution in [0.1, 0.15) is 24.7 Å². The van der Waals surface area contributed by atoms with E-state index in [1.54, 1.807) is 13.4 Å². The number of para-hydroxylation sites is 1. The van der Waals surface area contributed by atoms with Gasteiger partial charge in [-0.3, -0.25) is 0 Å². The second-order valence-electron chi connectivity index (χ2n) is 4.35. The van der Waals surface area contributed by atoms with E-state index in [-0.39, 0.29) is 0 Å². The molecule has 0 fully saturated rings. The summed E-state index contributed by atoms with van der Waals surface area (Å²) in [7, 11) is 1.68. The summed E-state index contributed by atoms with van der Waals surface area (Å²) in [5, 5.41) is 7.73. The van der Waals surface area contributed by atoms with E-state index in [2.05, 4.69) is 22.3 Å². The van der Waals surface area contributed by atoms with Crippen molar-refractivity contribution in [3.8, 4) is 5.75 Å². The maximum atomic E-state index is 5.33. The first-order valence-electron chi connectivity index (χ1n) is 6.54. The number of aromatic nitrogens is 3. The molecule has 5 heteroatoms. The number of nitrogens with zero attached hydrogens (tertiary/aromatic N) is 3. The number of rotatable bonds is 7. The van der Waals surface area contributed by atoms with Crippen molar-refractivity contribution in [2.24, 2.45) is 0 Å². The predicted octanol–water partition coefficient (Wildman–Crippen LogP) is 1.83. The average Bonchev–Trinajstić information content (AvgIpc) is 2.87. The van der Waals surface area contributed by atoms with E-state index < -0.39 is 0 Å². The highest BCUT2D eigenvalue weighted by molar-refractivity contribution is 5.33. The molecule has 0 bridgehead atoms. The van der Waals surface area contributed by atoms with Gasteiger partial charge in [-0.05, 0) is 19.0 Å². The summed E-state index contributed by atoms with van der Waals surface area (Å²) in [4.78, 5) is 4.29. The molecule has 0 radical (unpaired) electrons. The summed E-state index contributed by atoms with van der Waals surface area (Å²) in [6.45, 7) is 4.51. The number of nitrogens with one attached hydrogen (secondary N) is 1. The summed E-state index contributed by atoms with van der Waals surface area (Å²) < 4.78 is 7.16. The van der Waals surface area contributed by atoms with E-state index in [4.69, 9.17) is 4.74 Å². The van der Waals surface area contributed by atoms with E-state index in [0.717, 1.165) is 30.1 Å². The lowest BCUT2D eigenvalue weighted by molar-refractivity contribution is 0.407. The second kappa shape index (κ2) is 6.89. The van der Waals surface area contributed by atoms with Crippen LogP contribution in [0, 0.1) is 0 Å². The minimum Gasteiger partial charge on any atom is -0.496 e. The van der Waals surface area contributed by atoms with Gasteiger partial charge in [0.25, 0.3) is 0 Å². The monoisotopic (exact) mass is 260 g/mol. The normalized spacial score (nSPS) is 10.6. The van der Waals surface area contributed by atoms with Crippen LogP contribution in [0.5, 0.6) is 5.75 Å². The molecule has 1 heterocycles. The molecular formula is C14H20N4O. The molecule has 1 N–H and O–H groups in total. The van der Waals surface area contributed by atoms with Gasteiger partial charge in [-0.1, -0.05) is 25.1 Å². The quantitative estimate of drug-likeness (QED) is 0.772. The fourth-order valence-corrected chi connectivity index (χ4v) is 1.88. The van der Waals surface area contributed by atoms with Crippen molar-refractivity contribution in [2.75, 3.05) is 13.7 Å². The Morgan fingerprint density at radius 2 is 2.16 bits per heavy atom. The lowest BCUT2D eigenvalue weighted by atomic mass is 10.2. The van der Waals surface area contributed by atoms with Crippen molar-refractivity contribution in [1.82, 2.24) is 20.1 Å². The van der Waals surface area contributed by atoms with Gasteiger partial charge in [0.1, 0.15) is 12.1 Å². The van der Waals surface area contributed by atoms with Crippen LogP contribution in [0.4, 0.5) is 0 Å². The minimum atomic E-state index is 0.671. The standard InChI is InChI=1S/C14H20N4O/c1-3-8-15-9-14-16-11-18(17-14)10-12-6-4-5-7-13(12)19-2/h4-7,11,15H,3,8-10H2,1-2H3. The predicted molar refractivity (Wildman–Crippen MR) is 74.1 cm³/mol. The van der Waals surface area contributed by atoms with Gasteiger partial charge >= 0.3 is 0 Å². The number of hydrogen-bond acceptors (Lipinski definition) is 4. The Morgan fingerprint density at radius 3 is 2.95 bits per heavy atom. The molecule has 0 spiro atoms. The van der Waals surface area contributed by atoms with E-state index in [1.165, 1.54) is 0 Å². The fraction of sp³-hybridized carbons (Fsp3) is 0.429. The number of hydrogen-bond donors (Lipinski definition) is 1. The third kappa shape index (κ3) is 3.79. The van der Waals surface area contributed by atoms with Crippen molar-refractivity contribution < 1.29 is 4.74 Å². The number of benzene rings is 1. The smallest absolute Gasteiger partial charge is 0.164 e. The highest BCUT2D eigenvalue weighted by Crippen LogP contribution is 2.17. The molecular weight excluding hydrogens is 240 g/mol. The molecule has 0 aliphatic heterocycles. The molecule has 0 unspecified atom stereocenters. The number of ether oxygens (including phenoxy) is 1. The Balaban J connectivity index is 1.99. The van der Waals surface area contributed by atoms with Gasteiger partial charge in [-0.25, -0.2) is 9.67 Å². The van der Waals surface area contributed by atoms with E-state index in [0.29, 0.717) is 13.1 Å². The Labute approximate surface area is 113 Å². The molecule has 102 valence electrons. The summed E-state index contributed by atoms with van der Waals surface area (Å²) in [5.41, 5.74) is 1.10. The van der Waals surface area contributed by atoms with Crippen LogP contribution in [0.2, 0.25) is 0 Å². The van der Waals surface area contributed by atoms with Gasteiger partial charge in [0.05, 0.1) is 20.2 Å². The molecule has 5 nitrogen and oxygen atoms in total. The zero-order valence-electron chi connectivity index (χ0n) is 11.5. The fourth-order valence-electron chi connectivity index (χ4n) is 1.88. The largest absolute Gasteiger partial charge is 0.496 e. The van der Waals surface area contributed by atoms with Crippen LogP contribution in [-0.4, -0.2) is 28.4 Å².